The maximum atomic E-state index is 13.1. The van der Waals surface area contributed by atoms with E-state index in [1.54, 1.807) is 0 Å². The number of rotatable bonds is 2. The summed E-state index contributed by atoms with van der Waals surface area (Å²) in [6.45, 7) is 1.99. The van der Waals surface area contributed by atoms with E-state index in [4.69, 9.17) is 9.72 Å². The Morgan fingerprint density at radius 3 is 2.86 bits per heavy atom. The van der Waals surface area contributed by atoms with Crippen LogP contribution in [-0.4, -0.2) is 64.8 Å². The molecule has 8 nitrogen and oxygen atoms in total. The molecule has 0 radical (unpaired) electrons. The van der Waals surface area contributed by atoms with Crippen molar-refractivity contribution in [3.05, 3.63) is 34.4 Å². The Labute approximate surface area is 164 Å². The van der Waals surface area contributed by atoms with Crippen LogP contribution in [0, 0.1) is 0 Å². The predicted octanol–water partition coefficient (Wildman–Crippen LogP) is 1.46. The number of aryl methyl sites for hydroxylation is 1. The van der Waals surface area contributed by atoms with Crippen LogP contribution in [0.25, 0.3) is 0 Å². The van der Waals surface area contributed by atoms with Gasteiger partial charge in [-0.05, 0) is 44.1 Å². The number of aromatic amines is 1. The zero-order valence-corrected chi connectivity index (χ0v) is 16.5. The van der Waals surface area contributed by atoms with E-state index in [1.165, 1.54) is 5.56 Å². The molecule has 1 aliphatic carbocycles. The first-order valence-corrected chi connectivity index (χ1v) is 10.1. The molecule has 0 atom stereocenters. The molecule has 2 aromatic heterocycles. The quantitative estimate of drug-likeness (QED) is 0.846. The van der Waals surface area contributed by atoms with E-state index in [-0.39, 0.29) is 5.91 Å². The highest BCUT2D eigenvalue weighted by molar-refractivity contribution is 5.94. The molecule has 0 saturated carbocycles. The average Bonchev–Trinajstić information content (AvgIpc) is 3.32. The second-order valence-electron chi connectivity index (χ2n) is 8.21. The number of hydrogen-bond donors (Lipinski definition) is 1. The van der Waals surface area contributed by atoms with Crippen molar-refractivity contribution in [3.63, 3.8) is 0 Å². The summed E-state index contributed by atoms with van der Waals surface area (Å²) in [5, 5.41) is 7.36. The average molecular weight is 382 g/mol. The SMILES string of the molecule is CN(C)c1ncc2c(n1)C1(CCN(C(=O)c3n[nH]c4c3CCC4)CC1)OCC2. The van der Waals surface area contributed by atoms with Crippen LogP contribution in [0.3, 0.4) is 0 Å². The fraction of sp³-hybridized carbons (Fsp3) is 0.600. The fourth-order valence-corrected chi connectivity index (χ4v) is 4.71. The molecule has 2 aromatic rings. The molecular formula is C20H26N6O2. The Morgan fingerprint density at radius 2 is 2.07 bits per heavy atom. The number of carbonyl (C=O) groups is 1. The van der Waals surface area contributed by atoms with Crippen LogP contribution in [0.5, 0.6) is 0 Å². The summed E-state index contributed by atoms with van der Waals surface area (Å²) in [7, 11) is 3.89. The molecule has 2 aliphatic heterocycles. The lowest BCUT2D eigenvalue weighted by Crippen LogP contribution is -2.49. The number of amides is 1. The Morgan fingerprint density at radius 1 is 1.25 bits per heavy atom. The second kappa shape index (κ2) is 6.55. The summed E-state index contributed by atoms with van der Waals surface area (Å²) in [4.78, 5) is 26.2. The molecular weight excluding hydrogens is 356 g/mol. The molecule has 1 N–H and O–H groups in total. The molecule has 1 fully saturated rings. The number of nitrogens with one attached hydrogen (secondary N) is 1. The summed E-state index contributed by atoms with van der Waals surface area (Å²) < 4.78 is 6.29. The van der Waals surface area contributed by atoms with E-state index in [1.807, 2.05) is 30.1 Å². The molecule has 3 aliphatic rings. The van der Waals surface area contributed by atoms with Crippen LogP contribution in [0.1, 0.15) is 52.3 Å². The van der Waals surface area contributed by atoms with Gasteiger partial charge in [-0.25, -0.2) is 9.97 Å². The minimum absolute atomic E-state index is 0.0435. The van der Waals surface area contributed by atoms with Gasteiger partial charge >= 0.3 is 0 Å². The molecule has 0 bridgehead atoms. The first kappa shape index (κ1) is 17.6. The number of piperidine rings is 1. The minimum atomic E-state index is -0.411. The van der Waals surface area contributed by atoms with Crippen LogP contribution in [0.15, 0.2) is 6.20 Å². The lowest BCUT2D eigenvalue weighted by molar-refractivity contribution is -0.0967. The van der Waals surface area contributed by atoms with E-state index in [0.29, 0.717) is 31.3 Å². The molecule has 4 heterocycles. The van der Waals surface area contributed by atoms with Gasteiger partial charge in [0.25, 0.3) is 5.91 Å². The van der Waals surface area contributed by atoms with Crippen molar-refractivity contribution >= 4 is 11.9 Å². The third-order valence-corrected chi connectivity index (χ3v) is 6.30. The monoisotopic (exact) mass is 382 g/mol. The number of nitrogens with zero attached hydrogens (tertiary/aromatic N) is 5. The smallest absolute Gasteiger partial charge is 0.274 e. The number of H-pyrrole nitrogens is 1. The van der Waals surface area contributed by atoms with Crippen molar-refractivity contribution in [2.45, 2.75) is 44.1 Å². The molecule has 5 rings (SSSR count). The topological polar surface area (TPSA) is 87.2 Å². The molecule has 0 unspecified atom stereocenters. The van der Waals surface area contributed by atoms with Crippen LogP contribution in [-0.2, 0) is 29.6 Å². The molecule has 1 amide bonds. The molecule has 0 aromatic carbocycles. The first-order chi connectivity index (χ1) is 13.6. The molecule has 148 valence electrons. The zero-order chi connectivity index (χ0) is 19.3. The Hall–Kier alpha value is -2.48. The number of carbonyl (C=O) groups excluding carboxylic acids is 1. The minimum Gasteiger partial charge on any atom is -0.368 e. The largest absolute Gasteiger partial charge is 0.368 e. The van der Waals surface area contributed by atoms with Crippen molar-refractivity contribution in [2.75, 3.05) is 38.7 Å². The lowest BCUT2D eigenvalue weighted by Gasteiger charge is -2.44. The fourth-order valence-electron chi connectivity index (χ4n) is 4.71. The van der Waals surface area contributed by atoms with E-state index < -0.39 is 5.60 Å². The standard InChI is InChI=1S/C20H26N6O2/c1-25(2)19-21-12-13-6-11-28-20(17(13)22-19)7-9-26(10-8-20)18(27)16-14-4-3-5-15(14)23-24-16/h12H,3-11H2,1-2H3,(H,23,24). The van der Waals surface area contributed by atoms with Gasteiger partial charge < -0.3 is 14.5 Å². The van der Waals surface area contributed by atoms with E-state index in [2.05, 4.69) is 15.2 Å². The van der Waals surface area contributed by atoms with Crippen LogP contribution in [0.2, 0.25) is 0 Å². The number of fused-ring (bicyclic) bond motifs is 3. The molecule has 1 spiro atoms. The van der Waals surface area contributed by atoms with E-state index in [0.717, 1.165) is 55.5 Å². The van der Waals surface area contributed by atoms with Crippen molar-refractivity contribution in [1.29, 1.82) is 0 Å². The first-order valence-electron chi connectivity index (χ1n) is 10.1. The predicted molar refractivity (Wildman–Crippen MR) is 103 cm³/mol. The number of likely N-dealkylation sites (tertiary alicyclic amines) is 1. The van der Waals surface area contributed by atoms with Crippen molar-refractivity contribution in [3.8, 4) is 0 Å². The van der Waals surface area contributed by atoms with Gasteiger partial charge in [-0.15, -0.1) is 0 Å². The van der Waals surface area contributed by atoms with Gasteiger partial charge in [-0.2, -0.15) is 5.10 Å². The third-order valence-electron chi connectivity index (χ3n) is 6.30. The van der Waals surface area contributed by atoms with Gasteiger partial charge in [0.2, 0.25) is 5.95 Å². The highest BCUT2D eigenvalue weighted by Gasteiger charge is 2.44. The maximum Gasteiger partial charge on any atom is 0.274 e. The molecule has 1 saturated heterocycles. The van der Waals surface area contributed by atoms with E-state index >= 15 is 0 Å². The van der Waals surface area contributed by atoms with Gasteiger partial charge in [-0.1, -0.05) is 0 Å². The van der Waals surface area contributed by atoms with Crippen LogP contribution >= 0.6 is 0 Å². The lowest BCUT2D eigenvalue weighted by atomic mass is 9.83. The van der Waals surface area contributed by atoms with Gasteiger partial charge in [0, 0.05) is 44.6 Å². The summed E-state index contributed by atoms with van der Waals surface area (Å²) in [5.74, 6) is 0.746. The van der Waals surface area contributed by atoms with Gasteiger partial charge in [-0.3, -0.25) is 9.89 Å². The Kier molecular flexibility index (Phi) is 4.12. The van der Waals surface area contributed by atoms with Crippen molar-refractivity contribution < 1.29 is 9.53 Å². The number of aromatic nitrogens is 4. The van der Waals surface area contributed by atoms with E-state index in [9.17, 15) is 4.79 Å². The van der Waals surface area contributed by atoms with Crippen molar-refractivity contribution in [2.24, 2.45) is 0 Å². The summed E-state index contributed by atoms with van der Waals surface area (Å²) in [6, 6.07) is 0. The summed E-state index contributed by atoms with van der Waals surface area (Å²) >= 11 is 0. The normalized spacial score (nSPS) is 20.1. The second-order valence-corrected chi connectivity index (χ2v) is 8.21. The number of anilines is 1. The van der Waals surface area contributed by atoms with Gasteiger partial charge in [0.05, 0.1) is 12.3 Å². The summed E-state index contributed by atoms with van der Waals surface area (Å²) in [5.41, 5.74) is 4.63. The third kappa shape index (κ3) is 2.70. The number of ether oxygens (including phenoxy) is 1. The van der Waals surface area contributed by atoms with Gasteiger partial charge in [0.1, 0.15) is 5.60 Å². The van der Waals surface area contributed by atoms with Crippen LogP contribution < -0.4 is 4.90 Å². The highest BCUT2D eigenvalue weighted by Crippen LogP contribution is 2.41. The Balaban J connectivity index is 1.37. The number of hydrogen-bond acceptors (Lipinski definition) is 6. The molecule has 8 heteroatoms. The highest BCUT2D eigenvalue weighted by atomic mass is 16.5. The zero-order valence-electron chi connectivity index (χ0n) is 16.5. The maximum absolute atomic E-state index is 13.1. The van der Waals surface area contributed by atoms with Gasteiger partial charge in [0.15, 0.2) is 5.69 Å². The molecule has 28 heavy (non-hydrogen) atoms. The Bertz CT molecular complexity index is 913. The van der Waals surface area contributed by atoms with Crippen molar-refractivity contribution in [1.82, 2.24) is 25.1 Å². The van der Waals surface area contributed by atoms with Crippen LogP contribution in [0.4, 0.5) is 5.95 Å². The summed E-state index contributed by atoms with van der Waals surface area (Å²) in [6.07, 6.45) is 7.33.